The normalized spacial score (nSPS) is 12.3. The van der Waals surface area contributed by atoms with Crippen LogP contribution in [0.4, 0.5) is 0 Å². The van der Waals surface area contributed by atoms with Gasteiger partial charge in [-0.25, -0.2) is 4.98 Å². The minimum atomic E-state index is 0.980. The molecule has 5 heteroatoms. The first-order valence-corrected chi connectivity index (χ1v) is 19.9. The predicted octanol–water partition coefficient (Wildman–Crippen LogP) is 13.9. The first kappa shape index (κ1) is 30.2. The first-order chi connectivity index (χ1) is 27.8. The van der Waals surface area contributed by atoms with Crippen molar-refractivity contribution < 1.29 is 0 Å². The standard InChI is InChI=1S/C51H30N4S/c1-2-13-33(14-3-1)53-43-19-9-5-15-35(43)37-27-46-38(28-45(37)53)39-30-50-40(36-16-6-11-21-49(36)56-50)29-47(39)54(46)34-24-22-31(23-25-34)51-48-26-32-12-4-8-18-42(32)55(48)44-20-10-7-17-41(44)52-51/h1-30H. The van der Waals surface area contributed by atoms with Crippen molar-refractivity contribution in [3.8, 4) is 22.6 Å². The van der Waals surface area contributed by atoms with E-state index < -0.39 is 0 Å². The summed E-state index contributed by atoms with van der Waals surface area (Å²) in [6.07, 6.45) is 0. The molecule has 0 fully saturated rings. The van der Waals surface area contributed by atoms with E-state index in [0.717, 1.165) is 39.2 Å². The van der Waals surface area contributed by atoms with Gasteiger partial charge in [-0.1, -0.05) is 97.1 Å². The Balaban J connectivity index is 1.10. The highest BCUT2D eigenvalue weighted by Crippen LogP contribution is 2.44. The Labute approximate surface area is 324 Å². The van der Waals surface area contributed by atoms with Gasteiger partial charge >= 0.3 is 0 Å². The Morgan fingerprint density at radius 2 is 0.946 bits per heavy atom. The monoisotopic (exact) mass is 730 g/mol. The second-order valence-electron chi connectivity index (χ2n) is 14.8. The summed E-state index contributed by atoms with van der Waals surface area (Å²) < 4.78 is 9.88. The average Bonchev–Trinajstić information content (AvgIpc) is 4.00. The van der Waals surface area contributed by atoms with E-state index in [9.17, 15) is 0 Å². The van der Waals surface area contributed by atoms with Crippen molar-refractivity contribution in [2.24, 2.45) is 0 Å². The largest absolute Gasteiger partial charge is 0.309 e. The van der Waals surface area contributed by atoms with Crippen molar-refractivity contribution in [2.75, 3.05) is 0 Å². The van der Waals surface area contributed by atoms with Crippen LogP contribution >= 0.6 is 11.3 Å². The maximum absolute atomic E-state index is 5.28. The van der Waals surface area contributed by atoms with Gasteiger partial charge in [-0.05, 0) is 84.9 Å². The number of benzene rings is 8. The third kappa shape index (κ3) is 4.09. The molecule has 0 unspecified atom stereocenters. The molecule has 0 bridgehead atoms. The van der Waals surface area contributed by atoms with Gasteiger partial charge in [-0.3, -0.25) is 0 Å². The number of para-hydroxylation sites is 5. The van der Waals surface area contributed by atoms with Gasteiger partial charge in [0.15, 0.2) is 0 Å². The second-order valence-corrected chi connectivity index (χ2v) is 15.9. The molecule has 13 rings (SSSR count). The predicted molar refractivity (Wildman–Crippen MR) is 237 cm³/mol. The quantitative estimate of drug-likeness (QED) is 0.178. The van der Waals surface area contributed by atoms with Crippen LogP contribution in [0, 0.1) is 0 Å². The Morgan fingerprint density at radius 3 is 1.77 bits per heavy atom. The minimum absolute atomic E-state index is 0.980. The number of nitrogens with zero attached hydrogens (tertiary/aromatic N) is 4. The second kappa shape index (κ2) is 11.2. The van der Waals surface area contributed by atoms with Gasteiger partial charge in [0.05, 0.1) is 49.8 Å². The van der Waals surface area contributed by atoms with Crippen LogP contribution < -0.4 is 0 Å². The lowest BCUT2D eigenvalue weighted by molar-refractivity contribution is 1.17. The molecular weight excluding hydrogens is 701 g/mol. The first-order valence-electron chi connectivity index (χ1n) is 19.0. The summed E-state index contributed by atoms with van der Waals surface area (Å²) in [5.74, 6) is 0. The summed E-state index contributed by atoms with van der Waals surface area (Å²) in [5, 5.41) is 8.80. The summed E-state index contributed by atoms with van der Waals surface area (Å²) in [5.41, 5.74) is 13.6. The number of thiophene rings is 1. The number of aromatic nitrogens is 4. The molecule has 0 aliphatic rings. The zero-order chi connectivity index (χ0) is 36.5. The molecular formula is C51H30N4S. The molecule has 13 aromatic rings. The van der Waals surface area contributed by atoms with Crippen molar-refractivity contribution in [2.45, 2.75) is 0 Å². The molecule has 4 nitrogen and oxygen atoms in total. The fraction of sp³-hybridized carbons (Fsp3) is 0. The Hall–Kier alpha value is -7.21. The lowest BCUT2D eigenvalue weighted by atomic mass is 10.1. The van der Waals surface area contributed by atoms with Crippen LogP contribution in [0.5, 0.6) is 0 Å². The molecule has 5 aromatic heterocycles. The van der Waals surface area contributed by atoms with Crippen molar-refractivity contribution in [3.63, 3.8) is 0 Å². The molecule has 0 spiro atoms. The maximum atomic E-state index is 5.28. The third-order valence-corrected chi connectivity index (χ3v) is 12.9. The highest BCUT2D eigenvalue weighted by Gasteiger charge is 2.21. The van der Waals surface area contributed by atoms with E-state index >= 15 is 0 Å². The molecule has 0 atom stereocenters. The summed E-state index contributed by atoms with van der Waals surface area (Å²) in [6, 6.07) is 66.4. The van der Waals surface area contributed by atoms with Crippen molar-refractivity contribution >= 4 is 103 Å². The van der Waals surface area contributed by atoms with E-state index in [1.807, 2.05) is 11.3 Å². The molecule has 0 saturated heterocycles. The lowest BCUT2D eigenvalue weighted by Crippen LogP contribution is -1.97. The fourth-order valence-electron chi connectivity index (χ4n) is 9.32. The molecule has 260 valence electrons. The SMILES string of the molecule is c1ccc(-n2c3ccccc3c3cc4c(cc32)c2cc3sc5ccccc5c3cc2n4-c2ccc(-c3nc4ccccc4n4c3cc3ccccc34)cc2)cc1. The number of hydrogen-bond acceptors (Lipinski definition) is 2. The molecule has 0 radical (unpaired) electrons. The van der Waals surface area contributed by atoms with Crippen LogP contribution in [-0.2, 0) is 0 Å². The Morgan fingerprint density at radius 1 is 0.357 bits per heavy atom. The van der Waals surface area contributed by atoms with E-state index in [1.165, 1.54) is 74.7 Å². The van der Waals surface area contributed by atoms with Gasteiger partial charge in [0.1, 0.15) is 0 Å². The van der Waals surface area contributed by atoms with Crippen LogP contribution in [0.2, 0.25) is 0 Å². The zero-order valence-electron chi connectivity index (χ0n) is 30.0. The molecule has 0 aliphatic carbocycles. The Bertz CT molecular complexity index is 3750. The van der Waals surface area contributed by atoms with Crippen molar-refractivity contribution in [1.29, 1.82) is 0 Å². The van der Waals surface area contributed by atoms with Crippen LogP contribution in [0.3, 0.4) is 0 Å². The van der Waals surface area contributed by atoms with E-state index in [1.54, 1.807) is 0 Å². The van der Waals surface area contributed by atoms with E-state index in [2.05, 4.69) is 196 Å². The maximum Gasteiger partial charge on any atom is 0.0950 e. The van der Waals surface area contributed by atoms with Crippen LogP contribution in [0.1, 0.15) is 0 Å². The van der Waals surface area contributed by atoms with E-state index in [4.69, 9.17) is 4.98 Å². The van der Waals surface area contributed by atoms with Crippen molar-refractivity contribution in [1.82, 2.24) is 18.5 Å². The molecule has 56 heavy (non-hydrogen) atoms. The van der Waals surface area contributed by atoms with Gasteiger partial charge in [0.25, 0.3) is 0 Å². The van der Waals surface area contributed by atoms with Crippen LogP contribution in [0.15, 0.2) is 182 Å². The van der Waals surface area contributed by atoms with Crippen LogP contribution in [0.25, 0.3) is 114 Å². The summed E-state index contributed by atoms with van der Waals surface area (Å²) in [4.78, 5) is 5.28. The number of rotatable bonds is 3. The van der Waals surface area contributed by atoms with Gasteiger partial charge in [0, 0.05) is 64.0 Å². The molecule has 5 heterocycles. The topological polar surface area (TPSA) is 27.2 Å². The summed E-state index contributed by atoms with van der Waals surface area (Å²) in [6.45, 7) is 0. The van der Waals surface area contributed by atoms with Crippen molar-refractivity contribution in [3.05, 3.63) is 182 Å². The summed E-state index contributed by atoms with van der Waals surface area (Å²) in [7, 11) is 0. The van der Waals surface area contributed by atoms with E-state index in [-0.39, 0.29) is 0 Å². The number of hydrogen-bond donors (Lipinski definition) is 0. The number of fused-ring (bicyclic) bond motifs is 14. The third-order valence-electron chi connectivity index (χ3n) is 11.8. The van der Waals surface area contributed by atoms with E-state index in [0.29, 0.717) is 0 Å². The fourth-order valence-corrected chi connectivity index (χ4v) is 10.5. The molecule has 8 aromatic carbocycles. The smallest absolute Gasteiger partial charge is 0.0950 e. The molecule has 0 aliphatic heterocycles. The van der Waals surface area contributed by atoms with Crippen LogP contribution in [-0.4, -0.2) is 18.5 Å². The summed E-state index contributed by atoms with van der Waals surface area (Å²) >= 11 is 1.88. The zero-order valence-corrected chi connectivity index (χ0v) is 30.8. The molecule has 0 N–H and O–H groups in total. The van der Waals surface area contributed by atoms with Gasteiger partial charge < -0.3 is 13.5 Å². The van der Waals surface area contributed by atoms with Gasteiger partial charge in [0.2, 0.25) is 0 Å². The lowest BCUT2D eigenvalue weighted by Gasteiger charge is -2.12. The molecule has 0 saturated carbocycles. The molecule has 0 amide bonds. The van der Waals surface area contributed by atoms with Gasteiger partial charge in [-0.15, -0.1) is 11.3 Å². The highest BCUT2D eigenvalue weighted by atomic mass is 32.1. The average molecular weight is 731 g/mol. The Kier molecular flexibility index (Phi) is 6.01. The minimum Gasteiger partial charge on any atom is -0.309 e. The van der Waals surface area contributed by atoms with Gasteiger partial charge in [-0.2, -0.15) is 0 Å². The highest BCUT2D eigenvalue weighted by molar-refractivity contribution is 7.25.